The first-order valence-electron chi connectivity index (χ1n) is 7.48. The second kappa shape index (κ2) is 8.68. The van der Waals surface area contributed by atoms with Gasteiger partial charge in [0, 0.05) is 17.8 Å². The van der Waals surface area contributed by atoms with Gasteiger partial charge in [-0.1, -0.05) is 12.1 Å². The van der Waals surface area contributed by atoms with Crippen LogP contribution in [0.3, 0.4) is 0 Å². The van der Waals surface area contributed by atoms with Crippen LogP contribution in [0.5, 0.6) is 28.7 Å². The van der Waals surface area contributed by atoms with E-state index < -0.39 is 0 Å². The van der Waals surface area contributed by atoms with Gasteiger partial charge in [-0.05, 0) is 12.1 Å². The van der Waals surface area contributed by atoms with E-state index in [1.165, 1.54) is 28.4 Å². The van der Waals surface area contributed by atoms with Gasteiger partial charge in [0.15, 0.2) is 29.6 Å². The van der Waals surface area contributed by atoms with E-state index in [9.17, 15) is 4.79 Å². The molecule has 0 saturated carbocycles. The number of anilines is 1. The Morgan fingerprint density at radius 2 is 1.40 bits per heavy atom. The summed E-state index contributed by atoms with van der Waals surface area (Å²) in [6.07, 6.45) is 0. The first kappa shape index (κ1) is 18.3. The van der Waals surface area contributed by atoms with Gasteiger partial charge >= 0.3 is 0 Å². The number of hydrogen-bond donors (Lipinski definition) is 1. The van der Waals surface area contributed by atoms with Gasteiger partial charge in [0.1, 0.15) is 0 Å². The lowest BCUT2D eigenvalue weighted by molar-refractivity contribution is -0.118. The number of rotatable bonds is 8. The second-order valence-electron chi connectivity index (χ2n) is 4.90. The van der Waals surface area contributed by atoms with Crippen molar-refractivity contribution in [3.8, 4) is 28.7 Å². The molecule has 0 saturated heterocycles. The minimum absolute atomic E-state index is 0.170. The lowest BCUT2D eigenvalue weighted by Gasteiger charge is -2.15. The van der Waals surface area contributed by atoms with Gasteiger partial charge in [-0.25, -0.2) is 0 Å². The number of hydrogen-bond acceptors (Lipinski definition) is 6. The molecule has 0 heterocycles. The van der Waals surface area contributed by atoms with Crippen molar-refractivity contribution >= 4 is 11.6 Å². The van der Waals surface area contributed by atoms with Crippen molar-refractivity contribution in [2.45, 2.75) is 0 Å². The Morgan fingerprint density at radius 3 is 1.92 bits per heavy atom. The van der Waals surface area contributed by atoms with E-state index in [2.05, 4.69) is 5.32 Å². The Balaban J connectivity index is 2.07. The topological polar surface area (TPSA) is 75.3 Å². The second-order valence-corrected chi connectivity index (χ2v) is 4.90. The minimum atomic E-state index is -0.333. The summed E-state index contributed by atoms with van der Waals surface area (Å²) >= 11 is 0. The molecular weight excluding hydrogens is 326 g/mol. The molecule has 0 aliphatic carbocycles. The SMILES string of the molecule is COc1ccccc1OCC(=O)Nc1cc(OC)c(OC)c(OC)c1. The van der Waals surface area contributed by atoms with Crippen LogP contribution in [0, 0.1) is 0 Å². The molecule has 25 heavy (non-hydrogen) atoms. The molecule has 7 nitrogen and oxygen atoms in total. The fourth-order valence-electron chi connectivity index (χ4n) is 2.23. The fraction of sp³-hybridized carbons (Fsp3) is 0.278. The molecule has 134 valence electrons. The molecule has 2 aromatic rings. The molecule has 1 N–H and O–H groups in total. The van der Waals surface area contributed by atoms with E-state index in [-0.39, 0.29) is 12.5 Å². The van der Waals surface area contributed by atoms with Crippen molar-refractivity contribution in [3.63, 3.8) is 0 Å². The number of carbonyl (C=O) groups is 1. The number of benzene rings is 2. The van der Waals surface area contributed by atoms with E-state index >= 15 is 0 Å². The molecule has 2 aromatic carbocycles. The molecule has 1 amide bonds. The molecule has 0 fully saturated rings. The van der Waals surface area contributed by atoms with Crippen LogP contribution < -0.4 is 29.0 Å². The highest BCUT2D eigenvalue weighted by atomic mass is 16.5. The summed E-state index contributed by atoms with van der Waals surface area (Å²) in [6.45, 7) is -0.170. The number of nitrogens with one attached hydrogen (secondary N) is 1. The van der Waals surface area contributed by atoms with Gasteiger partial charge in [-0.3, -0.25) is 4.79 Å². The third-order valence-electron chi connectivity index (χ3n) is 3.38. The number of para-hydroxylation sites is 2. The van der Waals surface area contributed by atoms with E-state index in [0.29, 0.717) is 34.4 Å². The average Bonchev–Trinajstić information content (AvgIpc) is 2.65. The van der Waals surface area contributed by atoms with Crippen LogP contribution in [0.4, 0.5) is 5.69 Å². The lowest BCUT2D eigenvalue weighted by Crippen LogP contribution is -2.20. The molecule has 0 aliphatic heterocycles. The maximum absolute atomic E-state index is 12.1. The Labute approximate surface area is 146 Å². The standard InChI is InChI=1S/C18H21NO6/c1-21-13-7-5-6-8-14(13)25-11-17(20)19-12-9-15(22-2)18(24-4)16(10-12)23-3/h5-10H,11H2,1-4H3,(H,19,20). The van der Waals surface area contributed by atoms with Crippen LogP contribution in [0.2, 0.25) is 0 Å². The monoisotopic (exact) mass is 347 g/mol. The maximum Gasteiger partial charge on any atom is 0.262 e. The summed E-state index contributed by atoms with van der Waals surface area (Å²) in [6, 6.07) is 10.4. The predicted octanol–water partition coefficient (Wildman–Crippen LogP) is 2.74. The van der Waals surface area contributed by atoms with Crippen molar-refractivity contribution in [1.29, 1.82) is 0 Å². The minimum Gasteiger partial charge on any atom is -0.493 e. The van der Waals surface area contributed by atoms with E-state index in [4.69, 9.17) is 23.7 Å². The van der Waals surface area contributed by atoms with Gasteiger partial charge in [0.25, 0.3) is 5.91 Å². The first-order valence-corrected chi connectivity index (χ1v) is 7.48. The van der Waals surface area contributed by atoms with Crippen molar-refractivity contribution in [3.05, 3.63) is 36.4 Å². The predicted molar refractivity (Wildman–Crippen MR) is 93.2 cm³/mol. The van der Waals surface area contributed by atoms with Gasteiger partial charge in [-0.2, -0.15) is 0 Å². The molecule has 0 radical (unpaired) electrons. The maximum atomic E-state index is 12.1. The molecule has 0 spiro atoms. The van der Waals surface area contributed by atoms with Gasteiger partial charge in [0.2, 0.25) is 5.75 Å². The van der Waals surface area contributed by atoms with E-state index in [0.717, 1.165) is 0 Å². The fourth-order valence-corrected chi connectivity index (χ4v) is 2.23. The normalized spacial score (nSPS) is 9.92. The first-order chi connectivity index (χ1) is 12.1. The molecule has 0 atom stereocenters. The molecule has 2 rings (SSSR count). The quantitative estimate of drug-likeness (QED) is 0.791. The van der Waals surface area contributed by atoms with Crippen LogP contribution in [0.25, 0.3) is 0 Å². The zero-order valence-corrected chi connectivity index (χ0v) is 14.6. The Morgan fingerprint density at radius 1 is 0.840 bits per heavy atom. The number of carbonyl (C=O) groups excluding carboxylic acids is 1. The molecular formula is C18H21NO6. The zero-order chi connectivity index (χ0) is 18.2. The summed E-state index contributed by atoms with van der Waals surface area (Å²) in [5.74, 6) is 2.06. The van der Waals surface area contributed by atoms with Gasteiger partial charge in [0.05, 0.1) is 28.4 Å². The van der Waals surface area contributed by atoms with Crippen LogP contribution >= 0.6 is 0 Å². The highest BCUT2D eigenvalue weighted by Crippen LogP contribution is 2.39. The highest BCUT2D eigenvalue weighted by molar-refractivity contribution is 5.92. The summed E-state index contributed by atoms with van der Waals surface area (Å²) < 4.78 is 26.4. The Kier molecular flexibility index (Phi) is 6.33. The van der Waals surface area contributed by atoms with Gasteiger partial charge < -0.3 is 29.0 Å². The molecule has 0 unspecified atom stereocenters. The number of methoxy groups -OCH3 is 4. The third kappa shape index (κ3) is 4.47. The van der Waals surface area contributed by atoms with Crippen molar-refractivity contribution in [2.75, 3.05) is 40.4 Å². The van der Waals surface area contributed by atoms with Crippen molar-refractivity contribution in [1.82, 2.24) is 0 Å². The summed E-state index contributed by atoms with van der Waals surface area (Å²) in [4.78, 5) is 12.1. The van der Waals surface area contributed by atoms with Gasteiger partial charge in [-0.15, -0.1) is 0 Å². The van der Waals surface area contributed by atoms with Crippen molar-refractivity contribution in [2.24, 2.45) is 0 Å². The average molecular weight is 347 g/mol. The summed E-state index contributed by atoms with van der Waals surface area (Å²) in [7, 11) is 6.07. The Bertz CT molecular complexity index is 706. The lowest BCUT2D eigenvalue weighted by atomic mass is 10.2. The smallest absolute Gasteiger partial charge is 0.262 e. The summed E-state index contributed by atoms with van der Waals surface area (Å²) in [5, 5.41) is 2.73. The van der Waals surface area contributed by atoms with Crippen LogP contribution in [-0.2, 0) is 4.79 Å². The summed E-state index contributed by atoms with van der Waals surface area (Å²) in [5.41, 5.74) is 0.503. The highest BCUT2D eigenvalue weighted by Gasteiger charge is 2.15. The molecule has 0 aliphatic rings. The zero-order valence-electron chi connectivity index (χ0n) is 14.6. The number of amides is 1. The molecule has 0 bridgehead atoms. The third-order valence-corrected chi connectivity index (χ3v) is 3.38. The molecule has 7 heteroatoms. The van der Waals surface area contributed by atoms with E-state index in [1.54, 1.807) is 30.3 Å². The van der Waals surface area contributed by atoms with Crippen LogP contribution in [-0.4, -0.2) is 41.0 Å². The Hall–Kier alpha value is -3.09. The molecule has 0 aromatic heterocycles. The van der Waals surface area contributed by atoms with E-state index in [1.807, 2.05) is 6.07 Å². The van der Waals surface area contributed by atoms with Crippen LogP contribution in [0.1, 0.15) is 0 Å². The van der Waals surface area contributed by atoms with Crippen molar-refractivity contribution < 1.29 is 28.5 Å². The largest absolute Gasteiger partial charge is 0.493 e. The van der Waals surface area contributed by atoms with Crippen LogP contribution in [0.15, 0.2) is 36.4 Å². The number of ether oxygens (including phenoxy) is 5.